The van der Waals surface area contributed by atoms with Crippen molar-refractivity contribution in [2.75, 3.05) is 9.80 Å². The highest BCUT2D eigenvalue weighted by Crippen LogP contribution is 2.57. The number of hydrogen-bond donors (Lipinski definition) is 0. The van der Waals surface area contributed by atoms with Crippen LogP contribution in [0.1, 0.15) is 187 Å². The molecule has 8 aromatic carbocycles. The molecule has 4 heteroatoms. The Morgan fingerprint density at radius 1 is 0.430 bits per heavy atom. The molecule has 5 aliphatic rings. The molecule has 0 N–H and O–H groups in total. The Bertz CT molecular complexity index is 4110. The lowest BCUT2D eigenvalue weighted by Gasteiger charge is -2.48. The lowest BCUT2D eigenvalue weighted by Crippen LogP contribution is -2.61. The number of nitrogens with zero attached hydrogens (tertiary/aromatic N) is 2. The van der Waals surface area contributed by atoms with Gasteiger partial charge in [-0.25, -0.2) is 0 Å². The van der Waals surface area contributed by atoms with E-state index in [1.165, 1.54) is 156 Å². The van der Waals surface area contributed by atoms with Crippen molar-refractivity contribution in [1.29, 1.82) is 0 Å². The first kappa shape index (κ1) is 51.1. The van der Waals surface area contributed by atoms with Crippen LogP contribution in [-0.2, 0) is 37.9 Å². The third kappa shape index (κ3) is 7.47. The van der Waals surface area contributed by atoms with E-state index < -0.39 is 0 Å². The fourth-order valence-corrected chi connectivity index (χ4v) is 17.0. The summed E-state index contributed by atoms with van der Waals surface area (Å²) < 4.78 is 2.82. The van der Waals surface area contributed by atoms with Gasteiger partial charge in [-0.3, -0.25) is 0 Å². The third-order valence-electron chi connectivity index (χ3n) is 21.0. The fraction of sp³-hybridized carbons (Fsp3) is 0.387. The maximum Gasteiger partial charge on any atom is 0.264 e. The molecule has 0 unspecified atom stereocenters. The molecule has 79 heavy (non-hydrogen) atoms. The molecule has 0 saturated carbocycles. The molecular weight excluding hydrogens is 972 g/mol. The number of hydrogen-bond acceptors (Lipinski definition) is 3. The summed E-state index contributed by atoms with van der Waals surface area (Å²) in [4.78, 5) is 5.57. The number of benzene rings is 8. The van der Waals surface area contributed by atoms with Crippen LogP contribution in [0.3, 0.4) is 0 Å². The molecule has 3 heterocycles. The van der Waals surface area contributed by atoms with Gasteiger partial charge in [0.1, 0.15) is 0 Å². The molecule has 0 saturated heterocycles. The molecule has 1 aromatic heterocycles. The lowest BCUT2D eigenvalue weighted by molar-refractivity contribution is 0.332. The minimum absolute atomic E-state index is 0.00543. The molecule has 9 aromatic rings. The Kier molecular flexibility index (Phi) is 10.7. The topological polar surface area (TPSA) is 6.48 Å². The highest BCUT2D eigenvalue weighted by Gasteiger charge is 2.50. The summed E-state index contributed by atoms with van der Waals surface area (Å²) in [5, 5.41) is 6.57. The summed E-state index contributed by atoms with van der Waals surface area (Å²) in [6.45, 7) is 39.5. The van der Waals surface area contributed by atoms with Crippen LogP contribution in [0.25, 0.3) is 42.8 Å². The molecule has 400 valence electrons. The van der Waals surface area contributed by atoms with Gasteiger partial charge in [-0.05, 0) is 220 Å². The van der Waals surface area contributed by atoms with Crippen molar-refractivity contribution in [3.63, 3.8) is 0 Å². The van der Waals surface area contributed by atoms with Gasteiger partial charge < -0.3 is 9.80 Å². The zero-order valence-corrected chi connectivity index (χ0v) is 51.1. The van der Waals surface area contributed by atoms with E-state index in [0.717, 1.165) is 19.3 Å². The average Bonchev–Trinajstić information content (AvgIpc) is 3.63. The van der Waals surface area contributed by atoms with E-state index in [9.17, 15) is 0 Å². The number of fused-ring (bicyclic) bond motifs is 12. The van der Waals surface area contributed by atoms with Crippen molar-refractivity contribution in [2.24, 2.45) is 0 Å². The maximum atomic E-state index is 2.81. The summed E-state index contributed by atoms with van der Waals surface area (Å²) >= 11 is 2.05. The van der Waals surface area contributed by atoms with Crippen LogP contribution < -0.4 is 25.5 Å². The summed E-state index contributed by atoms with van der Waals surface area (Å²) in [7, 11) is 0. The lowest BCUT2D eigenvalue weighted by atomic mass is 9.35. The van der Waals surface area contributed by atoms with Gasteiger partial charge in [0.2, 0.25) is 0 Å². The molecule has 0 spiro atoms. The summed E-state index contributed by atoms with van der Waals surface area (Å²) in [6, 6.07) is 51.9. The predicted molar refractivity (Wildman–Crippen MR) is 346 cm³/mol. The second-order valence-electron chi connectivity index (χ2n) is 30.2. The number of anilines is 6. The van der Waals surface area contributed by atoms with Gasteiger partial charge in [-0.15, -0.1) is 11.3 Å². The van der Waals surface area contributed by atoms with Crippen LogP contribution in [0.5, 0.6) is 0 Å². The van der Waals surface area contributed by atoms with E-state index in [1.54, 1.807) is 0 Å². The normalized spacial score (nSPS) is 19.6. The molecule has 14 rings (SSSR count). The molecule has 0 atom stereocenters. The van der Waals surface area contributed by atoms with Crippen LogP contribution in [0.4, 0.5) is 34.1 Å². The maximum absolute atomic E-state index is 2.81. The van der Waals surface area contributed by atoms with Crippen molar-refractivity contribution in [2.45, 2.75) is 187 Å². The number of thiophene rings is 1. The van der Waals surface area contributed by atoms with Gasteiger partial charge >= 0.3 is 0 Å². The summed E-state index contributed by atoms with van der Waals surface area (Å²) in [5.41, 5.74) is 25.2. The first-order valence-electron chi connectivity index (χ1n) is 29.9. The zero-order valence-electron chi connectivity index (χ0n) is 50.2. The minimum Gasteiger partial charge on any atom is -0.311 e. The minimum atomic E-state index is -0.00832. The van der Waals surface area contributed by atoms with Gasteiger partial charge in [-0.2, -0.15) is 0 Å². The molecule has 0 radical (unpaired) electrons. The molecule has 0 fully saturated rings. The van der Waals surface area contributed by atoms with E-state index in [0.29, 0.717) is 0 Å². The monoisotopic (exact) mass is 1050 g/mol. The Hall–Kier alpha value is -6.10. The van der Waals surface area contributed by atoms with E-state index >= 15 is 0 Å². The predicted octanol–water partition coefficient (Wildman–Crippen LogP) is 19.6. The van der Waals surface area contributed by atoms with E-state index in [1.807, 2.05) is 11.3 Å². The first-order valence-corrected chi connectivity index (χ1v) is 30.7. The van der Waals surface area contributed by atoms with Crippen molar-refractivity contribution in [3.05, 3.63) is 172 Å². The standard InChI is InChI=1S/C75H81BN2S/c1-44-36-63-66-64(37-44)78(61-42-58-56(72(9,10)32-34-74(58,13)14)40-52(61)50-23-19-22-49-48-21-18-17-20-45(48)24-27-51(49)50)62-43-59-57(73(11,12)33-35-75(59,15)16)41-60(62)76(66)68-67(53-38-46(69(2,3)4)25-29-65(53)79-68)77(63)47-26-28-54-55(39-47)71(7,8)31-30-70(54,5)6/h17-29,36-43H,30-35H2,1-16H3. The first-order chi connectivity index (χ1) is 37.2. The van der Waals surface area contributed by atoms with Gasteiger partial charge in [0, 0.05) is 43.2 Å². The SMILES string of the molecule is Cc1cc2c3c(c1)N(c1ccc4c(c1)C(C)(C)CCC4(C)C)c1c(sc4ccc(C(C)(C)C)cc14)B3c1cc3c(cc1N2c1cc2c(cc1-c1cccc4c1ccc1ccccc14)C(C)(C)CCC2(C)C)C(C)(C)CCC3(C)C. The Morgan fingerprint density at radius 2 is 0.987 bits per heavy atom. The fourth-order valence-electron chi connectivity index (χ4n) is 15.7. The Balaban J connectivity index is 1.14. The average molecular weight is 1050 g/mol. The van der Waals surface area contributed by atoms with Crippen molar-refractivity contribution < 1.29 is 0 Å². The second-order valence-corrected chi connectivity index (χ2v) is 31.3. The van der Waals surface area contributed by atoms with Gasteiger partial charge in [0.25, 0.3) is 6.71 Å². The largest absolute Gasteiger partial charge is 0.311 e. The quantitative estimate of drug-likeness (QED) is 0.129. The highest BCUT2D eigenvalue weighted by atomic mass is 32.1. The van der Waals surface area contributed by atoms with Crippen LogP contribution >= 0.6 is 11.3 Å². The summed E-state index contributed by atoms with van der Waals surface area (Å²) in [6.07, 6.45) is 7.00. The zero-order chi connectivity index (χ0) is 55.5. The number of aryl methyl sites for hydroxylation is 1. The Labute approximate surface area is 476 Å². The molecule has 0 amide bonds. The van der Waals surface area contributed by atoms with Gasteiger partial charge in [-0.1, -0.05) is 177 Å². The summed E-state index contributed by atoms with van der Waals surface area (Å²) in [5.74, 6) is 0. The van der Waals surface area contributed by atoms with Crippen LogP contribution in [0.2, 0.25) is 0 Å². The van der Waals surface area contributed by atoms with Gasteiger partial charge in [0.15, 0.2) is 0 Å². The van der Waals surface area contributed by atoms with Crippen molar-refractivity contribution >= 4 is 99.5 Å². The molecule has 2 aliphatic heterocycles. The van der Waals surface area contributed by atoms with Crippen molar-refractivity contribution in [3.8, 4) is 11.1 Å². The smallest absolute Gasteiger partial charge is 0.264 e. The number of rotatable bonds is 3. The van der Waals surface area contributed by atoms with Crippen LogP contribution in [-0.4, -0.2) is 6.71 Å². The molecular formula is C75H81BN2S. The van der Waals surface area contributed by atoms with E-state index in [4.69, 9.17) is 0 Å². The van der Waals surface area contributed by atoms with E-state index in [2.05, 4.69) is 248 Å². The van der Waals surface area contributed by atoms with Gasteiger partial charge in [0.05, 0.1) is 11.4 Å². The van der Waals surface area contributed by atoms with Crippen molar-refractivity contribution in [1.82, 2.24) is 0 Å². The Morgan fingerprint density at radius 3 is 1.63 bits per heavy atom. The van der Waals surface area contributed by atoms with Crippen LogP contribution in [0.15, 0.2) is 127 Å². The molecule has 0 bridgehead atoms. The molecule has 2 nitrogen and oxygen atoms in total. The van der Waals surface area contributed by atoms with E-state index in [-0.39, 0.29) is 44.6 Å². The highest BCUT2D eigenvalue weighted by molar-refractivity contribution is 7.33. The third-order valence-corrected chi connectivity index (χ3v) is 22.2. The second kappa shape index (κ2) is 16.5. The molecule has 3 aliphatic carbocycles. The van der Waals surface area contributed by atoms with Crippen LogP contribution in [0, 0.1) is 6.92 Å².